The third-order valence-corrected chi connectivity index (χ3v) is 5.82. The number of rotatable bonds is 10. The number of halogens is 1. The summed E-state index contributed by atoms with van der Waals surface area (Å²) in [7, 11) is -3.63. The quantitative estimate of drug-likeness (QED) is 0.631. The van der Waals surface area contributed by atoms with E-state index < -0.39 is 27.2 Å². The van der Waals surface area contributed by atoms with E-state index in [1.54, 1.807) is 6.07 Å². The van der Waals surface area contributed by atoms with Crippen LogP contribution in [0.2, 0.25) is 0 Å². The molecular weight excluding hydrogens is 371 g/mol. The van der Waals surface area contributed by atoms with Gasteiger partial charge in [0.15, 0.2) is 15.6 Å². The Morgan fingerprint density at radius 3 is 2.48 bits per heavy atom. The second-order valence-corrected chi connectivity index (χ2v) is 8.42. The van der Waals surface area contributed by atoms with Crippen molar-refractivity contribution in [3.63, 3.8) is 0 Å². The number of hydrogen-bond donors (Lipinski definition) is 2. The summed E-state index contributed by atoms with van der Waals surface area (Å²) in [6, 6.07) is 8.66. The van der Waals surface area contributed by atoms with Crippen molar-refractivity contribution in [1.29, 1.82) is 0 Å². The van der Waals surface area contributed by atoms with Crippen LogP contribution < -0.4 is 10.2 Å². The van der Waals surface area contributed by atoms with Gasteiger partial charge in [-0.15, -0.1) is 0 Å². The summed E-state index contributed by atoms with van der Waals surface area (Å²) >= 11 is 0. The Labute approximate surface area is 159 Å². The molecule has 1 heterocycles. The summed E-state index contributed by atoms with van der Waals surface area (Å²) in [6.07, 6.45) is 0. The van der Waals surface area contributed by atoms with E-state index in [4.69, 9.17) is 4.42 Å². The lowest BCUT2D eigenvalue weighted by atomic mass is 10.2. The van der Waals surface area contributed by atoms with Crippen molar-refractivity contribution in [2.75, 3.05) is 26.2 Å². The number of hydrogen-bond acceptors (Lipinski definition) is 4. The van der Waals surface area contributed by atoms with Gasteiger partial charge in [-0.2, -0.15) is 0 Å². The number of benzene rings is 1. The largest absolute Gasteiger partial charge is 0.455 e. The van der Waals surface area contributed by atoms with Crippen LogP contribution in [-0.2, 0) is 21.3 Å². The van der Waals surface area contributed by atoms with Gasteiger partial charge < -0.3 is 14.6 Å². The zero-order chi connectivity index (χ0) is 19.9. The Bertz CT molecular complexity index is 860. The molecule has 0 fully saturated rings. The number of carbonyl (C=O) groups excluding carboxylic acids is 1. The molecule has 0 aliphatic rings. The second kappa shape index (κ2) is 9.66. The molecule has 0 bridgehead atoms. The van der Waals surface area contributed by atoms with Crippen LogP contribution in [0.4, 0.5) is 4.39 Å². The molecule has 1 aromatic carbocycles. The molecule has 1 aromatic heterocycles. The summed E-state index contributed by atoms with van der Waals surface area (Å²) in [5.41, 5.74) is 0.112. The Morgan fingerprint density at radius 1 is 1.11 bits per heavy atom. The first kappa shape index (κ1) is 21.1. The first-order valence-corrected chi connectivity index (χ1v) is 10.8. The molecule has 1 amide bonds. The zero-order valence-corrected chi connectivity index (χ0v) is 16.4. The van der Waals surface area contributed by atoms with E-state index in [1.165, 1.54) is 35.2 Å². The molecule has 2 N–H and O–H groups in total. The fourth-order valence-electron chi connectivity index (χ4n) is 2.74. The van der Waals surface area contributed by atoms with Crippen LogP contribution in [0.25, 0.3) is 0 Å². The summed E-state index contributed by atoms with van der Waals surface area (Å²) in [5, 5.41) is 2.77. The van der Waals surface area contributed by atoms with E-state index in [-0.39, 0.29) is 23.0 Å². The lowest BCUT2D eigenvalue weighted by Crippen LogP contribution is -3.12. The fraction of sp³-hybridized carbons (Fsp3) is 0.421. The van der Waals surface area contributed by atoms with Crippen LogP contribution >= 0.6 is 0 Å². The summed E-state index contributed by atoms with van der Waals surface area (Å²) in [5.74, 6) is -1.52. The second-order valence-electron chi connectivity index (χ2n) is 6.35. The van der Waals surface area contributed by atoms with Crippen molar-refractivity contribution >= 4 is 15.7 Å². The van der Waals surface area contributed by atoms with Gasteiger partial charge in [-0.05, 0) is 32.0 Å². The molecule has 0 saturated carbocycles. The van der Waals surface area contributed by atoms with Crippen LogP contribution in [0.3, 0.4) is 0 Å². The van der Waals surface area contributed by atoms with Gasteiger partial charge in [-0.3, -0.25) is 4.79 Å². The van der Waals surface area contributed by atoms with Gasteiger partial charge in [-0.1, -0.05) is 18.2 Å². The van der Waals surface area contributed by atoms with Crippen molar-refractivity contribution < 1.29 is 26.9 Å². The normalized spacial score (nSPS) is 11.7. The third kappa shape index (κ3) is 6.48. The average Bonchev–Trinajstić information content (AvgIpc) is 3.08. The summed E-state index contributed by atoms with van der Waals surface area (Å²) < 4.78 is 43.6. The van der Waals surface area contributed by atoms with Gasteiger partial charge in [0.25, 0.3) is 5.91 Å². The molecule has 148 valence electrons. The van der Waals surface area contributed by atoms with Crippen LogP contribution in [0.5, 0.6) is 0 Å². The van der Waals surface area contributed by atoms with Gasteiger partial charge in [-0.25, -0.2) is 12.8 Å². The van der Waals surface area contributed by atoms with Crippen molar-refractivity contribution in [2.24, 2.45) is 0 Å². The highest BCUT2D eigenvalue weighted by molar-refractivity contribution is 7.89. The Kier molecular flexibility index (Phi) is 7.55. The van der Waals surface area contributed by atoms with Crippen molar-refractivity contribution in [1.82, 2.24) is 5.32 Å². The van der Waals surface area contributed by atoms with Crippen molar-refractivity contribution in [3.8, 4) is 0 Å². The summed E-state index contributed by atoms with van der Waals surface area (Å²) in [4.78, 5) is 13.5. The first-order chi connectivity index (χ1) is 12.8. The molecular formula is C19H26FN2O4S+. The number of furan rings is 1. The topological polar surface area (TPSA) is 80.8 Å². The maximum Gasteiger partial charge on any atom is 0.287 e. The van der Waals surface area contributed by atoms with Gasteiger partial charge in [0.05, 0.1) is 31.9 Å². The highest BCUT2D eigenvalue weighted by Gasteiger charge is 2.19. The standard InChI is InChI=1S/C19H25FN2O4S/c1-3-22(4-2)12-11-21-19(23)18-10-9-16(26-18)14-27(24,25)13-15-7-5-6-8-17(15)20/h5-10H,3-4,11-14H2,1-2H3,(H,21,23)/p+1. The highest BCUT2D eigenvalue weighted by atomic mass is 32.2. The molecule has 2 rings (SSSR count). The Hall–Kier alpha value is -2.19. The first-order valence-electron chi connectivity index (χ1n) is 8.99. The van der Waals surface area contributed by atoms with E-state index in [2.05, 4.69) is 19.2 Å². The van der Waals surface area contributed by atoms with Gasteiger partial charge in [0, 0.05) is 5.56 Å². The highest BCUT2D eigenvalue weighted by Crippen LogP contribution is 2.17. The predicted octanol–water partition coefficient (Wildman–Crippen LogP) is 1.19. The van der Waals surface area contributed by atoms with Gasteiger partial charge in [0.2, 0.25) is 0 Å². The molecule has 2 aromatic rings. The summed E-state index contributed by atoms with van der Waals surface area (Å²) in [6.45, 7) is 7.46. The monoisotopic (exact) mass is 397 g/mol. The van der Waals surface area contributed by atoms with E-state index in [0.717, 1.165) is 19.6 Å². The number of amides is 1. The lowest BCUT2D eigenvalue weighted by molar-refractivity contribution is -0.895. The lowest BCUT2D eigenvalue weighted by Gasteiger charge is -2.15. The average molecular weight is 397 g/mol. The van der Waals surface area contributed by atoms with Crippen LogP contribution in [0.1, 0.15) is 35.7 Å². The third-order valence-electron chi connectivity index (χ3n) is 4.34. The fourth-order valence-corrected chi connectivity index (χ4v) is 4.14. The smallest absolute Gasteiger partial charge is 0.287 e. The molecule has 0 saturated heterocycles. The minimum Gasteiger partial charge on any atom is -0.455 e. The minimum atomic E-state index is -3.63. The van der Waals surface area contributed by atoms with Crippen molar-refractivity contribution in [3.05, 3.63) is 59.3 Å². The predicted molar refractivity (Wildman–Crippen MR) is 101 cm³/mol. The van der Waals surface area contributed by atoms with E-state index in [0.29, 0.717) is 6.54 Å². The minimum absolute atomic E-state index is 0.0700. The van der Waals surface area contributed by atoms with E-state index >= 15 is 0 Å². The number of carbonyl (C=O) groups is 1. The maximum atomic E-state index is 13.7. The molecule has 0 aliphatic heterocycles. The van der Waals surface area contributed by atoms with Crippen molar-refractivity contribution in [2.45, 2.75) is 25.4 Å². The molecule has 8 heteroatoms. The SMILES string of the molecule is CC[NH+](CC)CCNC(=O)c1ccc(CS(=O)(=O)Cc2ccccc2F)o1. The molecule has 0 unspecified atom stereocenters. The van der Waals surface area contributed by atoms with E-state index in [1.807, 2.05) is 0 Å². The number of nitrogens with one attached hydrogen (secondary N) is 2. The molecule has 27 heavy (non-hydrogen) atoms. The molecule has 0 radical (unpaired) electrons. The molecule has 6 nitrogen and oxygen atoms in total. The molecule has 0 atom stereocenters. The van der Waals surface area contributed by atoms with Gasteiger partial charge in [0.1, 0.15) is 17.3 Å². The zero-order valence-electron chi connectivity index (χ0n) is 15.6. The Morgan fingerprint density at radius 2 is 1.81 bits per heavy atom. The Balaban J connectivity index is 1.92. The number of quaternary nitrogens is 1. The van der Waals surface area contributed by atoms with E-state index in [9.17, 15) is 17.6 Å². The van der Waals surface area contributed by atoms with Crippen LogP contribution in [-0.4, -0.2) is 40.5 Å². The molecule has 0 spiro atoms. The number of likely N-dealkylation sites (N-methyl/N-ethyl adjacent to an activating group) is 1. The van der Waals surface area contributed by atoms with Crippen LogP contribution in [0, 0.1) is 5.82 Å². The maximum absolute atomic E-state index is 13.7. The van der Waals surface area contributed by atoms with Crippen LogP contribution in [0.15, 0.2) is 40.8 Å². The molecule has 0 aliphatic carbocycles. The number of sulfone groups is 1. The van der Waals surface area contributed by atoms with Gasteiger partial charge >= 0.3 is 0 Å².